The van der Waals surface area contributed by atoms with E-state index >= 15 is 0 Å². The molecule has 10 heteroatoms. The third-order valence-electron chi connectivity index (χ3n) is 5.04. The zero-order valence-corrected chi connectivity index (χ0v) is 17.1. The lowest BCUT2D eigenvalue weighted by Gasteiger charge is -2.27. The number of rotatable bonds is 3. The smallest absolute Gasteiger partial charge is 0.274 e. The molecule has 0 spiro atoms. The fourth-order valence-corrected chi connectivity index (χ4v) is 3.89. The molecule has 0 radical (unpaired) electrons. The lowest BCUT2D eigenvalue weighted by molar-refractivity contribution is -0.135. The number of hydrogen-bond donors (Lipinski definition) is 1. The fraction of sp³-hybridized carbons (Fsp3) is 0.316. The van der Waals surface area contributed by atoms with Crippen molar-refractivity contribution >= 4 is 40.0 Å². The summed E-state index contributed by atoms with van der Waals surface area (Å²) in [4.78, 5) is 39.7. The van der Waals surface area contributed by atoms with E-state index in [-0.39, 0.29) is 23.6 Å². The van der Waals surface area contributed by atoms with E-state index in [2.05, 4.69) is 5.10 Å². The van der Waals surface area contributed by atoms with Crippen LogP contribution in [0, 0.1) is 6.92 Å². The molecule has 8 nitrogen and oxygen atoms in total. The van der Waals surface area contributed by atoms with Crippen LogP contribution < -0.4 is 11.1 Å². The summed E-state index contributed by atoms with van der Waals surface area (Å²) in [5, 5.41) is 3.82. The van der Waals surface area contributed by atoms with Crippen LogP contribution in [0.2, 0.25) is 10.0 Å². The Hall–Kier alpha value is -2.55. The van der Waals surface area contributed by atoms with E-state index in [1.165, 1.54) is 15.3 Å². The van der Waals surface area contributed by atoms with E-state index < -0.39 is 0 Å². The van der Waals surface area contributed by atoms with Crippen LogP contribution in [0.3, 0.4) is 0 Å². The number of fused-ring (bicyclic) bond motifs is 1. The Morgan fingerprint density at radius 3 is 2.62 bits per heavy atom. The number of nitrogens with zero attached hydrogens (tertiary/aromatic N) is 3. The molecule has 1 saturated heterocycles. The second-order valence-corrected chi connectivity index (χ2v) is 7.62. The van der Waals surface area contributed by atoms with Crippen LogP contribution in [0.15, 0.2) is 33.9 Å². The minimum absolute atomic E-state index is 0.136. The van der Waals surface area contributed by atoms with Gasteiger partial charge in [-0.15, -0.1) is 0 Å². The molecule has 1 aromatic carbocycles. The average Bonchev–Trinajstić information content (AvgIpc) is 3.03. The molecule has 1 aliphatic heterocycles. The largest absolute Gasteiger partial charge is 0.378 e. The monoisotopic (exact) mass is 436 g/mol. The zero-order chi connectivity index (χ0) is 20.7. The summed E-state index contributed by atoms with van der Waals surface area (Å²) in [7, 11) is 0. The lowest BCUT2D eigenvalue weighted by Crippen LogP contribution is -2.43. The Labute approximate surface area is 175 Å². The minimum Gasteiger partial charge on any atom is -0.378 e. The van der Waals surface area contributed by atoms with Gasteiger partial charge in [-0.3, -0.25) is 24.2 Å². The van der Waals surface area contributed by atoms with Crippen molar-refractivity contribution in [1.29, 1.82) is 0 Å². The van der Waals surface area contributed by atoms with Crippen molar-refractivity contribution in [2.75, 3.05) is 26.3 Å². The second kappa shape index (κ2) is 7.70. The van der Waals surface area contributed by atoms with Crippen molar-refractivity contribution in [3.63, 3.8) is 0 Å². The summed E-state index contributed by atoms with van der Waals surface area (Å²) >= 11 is 12.3. The van der Waals surface area contributed by atoms with Crippen LogP contribution in [0.25, 0.3) is 16.6 Å². The molecule has 0 aliphatic carbocycles. The molecular weight excluding hydrogens is 419 g/mol. The quantitative estimate of drug-likeness (QED) is 0.679. The van der Waals surface area contributed by atoms with E-state index in [9.17, 15) is 14.4 Å². The van der Waals surface area contributed by atoms with Crippen molar-refractivity contribution in [2.45, 2.75) is 13.5 Å². The Bertz CT molecular complexity index is 1220. The van der Waals surface area contributed by atoms with Gasteiger partial charge in [0.25, 0.3) is 11.1 Å². The minimum atomic E-state index is -0.388. The molecule has 0 saturated carbocycles. The van der Waals surface area contributed by atoms with Crippen molar-refractivity contribution in [1.82, 2.24) is 19.2 Å². The van der Waals surface area contributed by atoms with Gasteiger partial charge < -0.3 is 14.2 Å². The molecule has 4 rings (SSSR count). The van der Waals surface area contributed by atoms with Crippen molar-refractivity contribution in [2.24, 2.45) is 0 Å². The number of amides is 1. The van der Waals surface area contributed by atoms with Gasteiger partial charge in [0.1, 0.15) is 6.54 Å². The molecule has 3 heterocycles. The Morgan fingerprint density at radius 2 is 1.90 bits per heavy atom. The van der Waals surface area contributed by atoms with Gasteiger partial charge in [0.05, 0.1) is 34.8 Å². The highest BCUT2D eigenvalue weighted by atomic mass is 35.5. The number of benzene rings is 1. The number of H-pyrrole nitrogens is 1. The lowest BCUT2D eigenvalue weighted by atomic mass is 10.2. The number of carbonyl (C=O) groups excluding carboxylic acids is 1. The SMILES string of the molecule is Cc1c2c(=O)[nH]n(-c3cc(Cl)ccc3Cl)c2cc(=O)n1CC(=O)N1CCOCC1. The van der Waals surface area contributed by atoms with Gasteiger partial charge in [-0.1, -0.05) is 23.2 Å². The van der Waals surface area contributed by atoms with Crippen LogP contribution in [0.5, 0.6) is 0 Å². The number of morpholine rings is 1. The first-order valence-electron chi connectivity index (χ1n) is 9.03. The summed E-state index contributed by atoms with van der Waals surface area (Å²) in [6.07, 6.45) is 0. The Kier molecular flexibility index (Phi) is 5.24. The number of pyridine rings is 1. The first kappa shape index (κ1) is 19.8. The van der Waals surface area contributed by atoms with Gasteiger partial charge in [0.15, 0.2) is 0 Å². The van der Waals surface area contributed by atoms with Gasteiger partial charge in [-0.2, -0.15) is 0 Å². The summed E-state index contributed by atoms with van der Waals surface area (Å²) < 4.78 is 8.01. The molecule has 0 bridgehead atoms. The second-order valence-electron chi connectivity index (χ2n) is 6.78. The van der Waals surface area contributed by atoms with Crippen molar-refractivity contribution in [3.8, 4) is 5.69 Å². The normalized spacial score (nSPS) is 14.5. The Balaban J connectivity index is 1.81. The average molecular weight is 437 g/mol. The van der Waals surface area contributed by atoms with Gasteiger partial charge in [0, 0.05) is 29.9 Å². The maximum Gasteiger partial charge on any atom is 0.274 e. The standard InChI is InChI=1S/C19H18Cl2N4O4/c1-11-18-15(25(22-19(18)28)14-8-12(20)2-3-13(14)21)9-16(26)24(11)10-17(27)23-4-6-29-7-5-23/h2-3,8-9H,4-7,10H2,1H3,(H,22,28). The van der Waals surface area contributed by atoms with Gasteiger partial charge in [0.2, 0.25) is 5.91 Å². The highest BCUT2D eigenvalue weighted by Gasteiger charge is 2.21. The van der Waals surface area contributed by atoms with E-state index in [1.807, 2.05) is 0 Å². The number of halogens is 2. The molecule has 1 amide bonds. The van der Waals surface area contributed by atoms with E-state index in [0.29, 0.717) is 58.6 Å². The van der Waals surface area contributed by atoms with Crippen LogP contribution in [-0.2, 0) is 16.1 Å². The number of aromatic amines is 1. The van der Waals surface area contributed by atoms with Gasteiger partial charge in [-0.25, -0.2) is 0 Å². The summed E-state index contributed by atoms with van der Waals surface area (Å²) in [6.45, 7) is 3.43. The van der Waals surface area contributed by atoms with Gasteiger partial charge in [-0.05, 0) is 25.1 Å². The summed E-state index contributed by atoms with van der Waals surface area (Å²) in [5.74, 6) is -0.188. The highest BCUT2D eigenvalue weighted by molar-refractivity contribution is 6.34. The molecule has 2 aromatic heterocycles. The number of nitrogens with one attached hydrogen (secondary N) is 1. The molecule has 29 heavy (non-hydrogen) atoms. The van der Waals surface area contributed by atoms with Crippen LogP contribution in [0.4, 0.5) is 0 Å². The molecule has 3 aromatic rings. The van der Waals surface area contributed by atoms with E-state index in [0.717, 1.165) is 0 Å². The predicted octanol–water partition coefficient (Wildman–Crippen LogP) is 1.95. The molecule has 0 unspecified atom stereocenters. The third kappa shape index (κ3) is 3.59. The molecule has 1 aliphatic rings. The van der Waals surface area contributed by atoms with Crippen LogP contribution >= 0.6 is 23.2 Å². The molecular formula is C19H18Cl2N4O4. The van der Waals surface area contributed by atoms with Crippen LogP contribution in [0.1, 0.15) is 5.69 Å². The topological polar surface area (TPSA) is 89.3 Å². The Morgan fingerprint density at radius 1 is 1.17 bits per heavy atom. The van der Waals surface area contributed by atoms with Crippen molar-refractivity contribution in [3.05, 3.63) is 60.7 Å². The fourth-order valence-electron chi connectivity index (χ4n) is 3.52. The predicted molar refractivity (Wildman–Crippen MR) is 110 cm³/mol. The molecule has 0 atom stereocenters. The van der Waals surface area contributed by atoms with Gasteiger partial charge >= 0.3 is 0 Å². The highest BCUT2D eigenvalue weighted by Crippen LogP contribution is 2.26. The number of carbonyl (C=O) groups is 1. The summed E-state index contributed by atoms with van der Waals surface area (Å²) in [5.41, 5.74) is 0.458. The number of aromatic nitrogens is 3. The third-order valence-corrected chi connectivity index (χ3v) is 5.59. The maximum atomic E-state index is 12.8. The maximum absolute atomic E-state index is 12.8. The molecule has 152 valence electrons. The van der Waals surface area contributed by atoms with Crippen LogP contribution in [-0.4, -0.2) is 51.5 Å². The molecule has 1 fully saturated rings. The zero-order valence-electron chi connectivity index (χ0n) is 15.6. The number of ether oxygens (including phenoxy) is 1. The van der Waals surface area contributed by atoms with E-state index in [1.54, 1.807) is 30.0 Å². The summed E-state index contributed by atoms with van der Waals surface area (Å²) in [6, 6.07) is 6.16. The van der Waals surface area contributed by atoms with E-state index in [4.69, 9.17) is 27.9 Å². The van der Waals surface area contributed by atoms with Crippen molar-refractivity contribution < 1.29 is 9.53 Å². The number of aryl methyl sites for hydroxylation is 1. The number of hydrogen-bond acceptors (Lipinski definition) is 4. The first-order chi connectivity index (χ1) is 13.9. The first-order valence-corrected chi connectivity index (χ1v) is 9.78. The molecule has 1 N–H and O–H groups in total.